The van der Waals surface area contributed by atoms with Crippen molar-refractivity contribution in [1.82, 2.24) is 0 Å². The zero-order valence-electron chi connectivity index (χ0n) is 9.84. The van der Waals surface area contributed by atoms with Crippen LogP contribution in [0.4, 0.5) is 0 Å². The Hall–Kier alpha value is -1.56. The van der Waals surface area contributed by atoms with Crippen LogP contribution in [0.2, 0.25) is 0 Å². The van der Waals surface area contributed by atoms with Gasteiger partial charge in [0.2, 0.25) is 0 Å². The summed E-state index contributed by atoms with van der Waals surface area (Å²) in [5.41, 5.74) is 0.734. The van der Waals surface area contributed by atoms with E-state index in [-0.39, 0.29) is 11.7 Å². The first kappa shape index (κ1) is 13.5. The normalized spacial score (nSPS) is 12.9. The van der Waals surface area contributed by atoms with Crippen molar-refractivity contribution in [3.63, 3.8) is 0 Å². The Morgan fingerprint density at radius 3 is 2.18 bits per heavy atom. The second-order valence-corrected chi connectivity index (χ2v) is 5.18. The van der Waals surface area contributed by atoms with E-state index >= 15 is 0 Å². The van der Waals surface area contributed by atoms with E-state index in [1.807, 2.05) is 0 Å². The molecule has 1 unspecified atom stereocenters. The highest BCUT2D eigenvalue weighted by molar-refractivity contribution is 7.86. The number of esters is 1. The molecule has 0 saturated carbocycles. The molecule has 0 spiro atoms. The van der Waals surface area contributed by atoms with E-state index in [0.29, 0.717) is 0 Å². The molecule has 0 aliphatic heterocycles. The maximum atomic E-state index is 11.3. The Morgan fingerprint density at radius 1 is 1.24 bits per heavy atom. The summed E-state index contributed by atoms with van der Waals surface area (Å²) in [6, 6.07) is 6.25. The second-order valence-electron chi connectivity index (χ2n) is 3.60. The van der Waals surface area contributed by atoms with Crippen LogP contribution in [-0.4, -0.2) is 27.8 Å². The fourth-order valence-electron chi connectivity index (χ4n) is 1.30. The van der Waals surface area contributed by atoms with Crippen LogP contribution in [0.1, 0.15) is 18.4 Å². The fraction of sp³-hybridized carbons (Fsp3) is 0.364. The maximum absolute atomic E-state index is 11.3. The molecule has 0 saturated heterocycles. The van der Waals surface area contributed by atoms with Crippen molar-refractivity contribution in [1.29, 1.82) is 0 Å². The molecule has 1 atom stereocenters. The standard InChI is InChI=1S/C11H14O5S/c1-8(11(12)15-2)9-4-6-10(7-5-9)16-17(3,13)14/h4-8H,1-3H3. The number of methoxy groups -OCH3 is 1. The van der Waals surface area contributed by atoms with Crippen molar-refractivity contribution in [2.24, 2.45) is 0 Å². The lowest BCUT2D eigenvalue weighted by molar-refractivity contribution is -0.141. The molecule has 0 N–H and O–H groups in total. The molecule has 1 aromatic rings. The molecule has 1 aromatic carbocycles. The van der Waals surface area contributed by atoms with Gasteiger partial charge >= 0.3 is 16.1 Å². The van der Waals surface area contributed by atoms with E-state index in [9.17, 15) is 13.2 Å². The highest BCUT2D eigenvalue weighted by Gasteiger charge is 2.15. The lowest BCUT2D eigenvalue weighted by Crippen LogP contribution is -2.11. The maximum Gasteiger partial charge on any atom is 0.312 e. The van der Waals surface area contributed by atoms with Crippen LogP contribution in [0.3, 0.4) is 0 Å². The third kappa shape index (κ3) is 4.07. The van der Waals surface area contributed by atoms with E-state index in [0.717, 1.165) is 11.8 Å². The number of ether oxygens (including phenoxy) is 1. The monoisotopic (exact) mass is 258 g/mol. The molecule has 0 radical (unpaired) electrons. The third-order valence-corrected chi connectivity index (χ3v) is 2.68. The molecule has 1 rings (SSSR count). The van der Waals surface area contributed by atoms with Crippen LogP contribution in [0.15, 0.2) is 24.3 Å². The number of carbonyl (C=O) groups is 1. The van der Waals surface area contributed by atoms with Gasteiger partial charge in [-0.05, 0) is 24.6 Å². The van der Waals surface area contributed by atoms with Gasteiger partial charge in [0.05, 0.1) is 19.3 Å². The van der Waals surface area contributed by atoms with Crippen molar-refractivity contribution < 1.29 is 22.1 Å². The van der Waals surface area contributed by atoms with E-state index in [1.165, 1.54) is 19.2 Å². The zero-order valence-corrected chi connectivity index (χ0v) is 10.7. The van der Waals surface area contributed by atoms with Gasteiger partial charge < -0.3 is 8.92 Å². The van der Waals surface area contributed by atoms with Crippen molar-refractivity contribution in [3.8, 4) is 5.75 Å². The van der Waals surface area contributed by atoms with E-state index in [4.69, 9.17) is 0 Å². The van der Waals surface area contributed by atoms with Gasteiger partial charge in [-0.25, -0.2) is 0 Å². The van der Waals surface area contributed by atoms with Crippen molar-refractivity contribution in [2.75, 3.05) is 13.4 Å². The summed E-state index contributed by atoms with van der Waals surface area (Å²) in [4.78, 5) is 11.3. The highest BCUT2D eigenvalue weighted by Crippen LogP contribution is 2.20. The first-order valence-electron chi connectivity index (χ1n) is 4.90. The average molecular weight is 258 g/mol. The molecule has 0 heterocycles. The largest absolute Gasteiger partial charge is 0.469 e. The van der Waals surface area contributed by atoms with E-state index in [1.54, 1.807) is 19.1 Å². The minimum atomic E-state index is -3.52. The van der Waals surface area contributed by atoms with Crippen LogP contribution < -0.4 is 4.18 Å². The van der Waals surface area contributed by atoms with Gasteiger partial charge in [-0.15, -0.1) is 0 Å². The number of benzene rings is 1. The Morgan fingerprint density at radius 2 is 1.76 bits per heavy atom. The van der Waals surface area contributed by atoms with Gasteiger partial charge in [-0.1, -0.05) is 12.1 Å². The van der Waals surface area contributed by atoms with Gasteiger partial charge in [0.1, 0.15) is 5.75 Å². The van der Waals surface area contributed by atoms with Crippen molar-refractivity contribution >= 4 is 16.1 Å². The van der Waals surface area contributed by atoms with Gasteiger partial charge in [0.15, 0.2) is 0 Å². The van der Waals surface area contributed by atoms with Gasteiger partial charge in [-0.3, -0.25) is 4.79 Å². The first-order chi connectivity index (χ1) is 7.83. The predicted octanol–water partition coefficient (Wildman–Crippen LogP) is 1.30. The van der Waals surface area contributed by atoms with Gasteiger partial charge in [0, 0.05) is 0 Å². The van der Waals surface area contributed by atoms with Gasteiger partial charge in [0.25, 0.3) is 0 Å². The smallest absolute Gasteiger partial charge is 0.312 e. The molecular weight excluding hydrogens is 244 g/mol. The molecule has 0 amide bonds. The Labute approximate surface area is 100 Å². The lowest BCUT2D eigenvalue weighted by atomic mass is 10.0. The predicted molar refractivity (Wildman–Crippen MR) is 62.3 cm³/mol. The molecule has 0 aromatic heterocycles. The summed E-state index contributed by atoms with van der Waals surface area (Å²) in [6.45, 7) is 1.71. The Kier molecular flexibility index (Phi) is 4.11. The number of hydrogen-bond acceptors (Lipinski definition) is 5. The van der Waals surface area contributed by atoms with Crippen molar-refractivity contribution in [2.45, 2.75) is 12.8 Å². The van der Waals surface area contributed by atoms with Crippen LogP contribution in [0, 0.1) is 0 Å². The summed E-state index contributed by atoms with van der Waals surface area (Å²) in [6.07, 6.45) is 0.970. The summed E-state index contributed by atoms with van der Waals surface area (Å²) in [7, 11) is -2.20. The first-order valence-corrected chi connectivity index (χ1v) is 6.72. The molecule has 17 heavy (non-hydrogen) atoms. The Bertz CT molecular complexity index is 489. The molecule has 0 aliphatic rings. The molecule has 5 nitrogen and oxygen atoms in total. The average Bonchev–Trinajstić information content (AvgIpc) is 2.26. The van der Waals surface area contributed by atoms with Gasteiger partial charge in [-0.2, -0.15) is 8.42 Å². The van der Waals surface area contributed by atoms with Crippen LogP contribution in [-0.2, 0) is 19.6 Å². The second kappa shape index (κ2) is 5.18. The van der Waals surface area contributed by atoms with E-state index < -0.39 is 16.0 Å². The highest BCUT2D eigenvalue weighted by atomic mass is 32.2. The summed E-state index contributed by atoms with van der Waals surface area (Å²) >= 11 is 0. The fourth-order valence-corrected chi connectivity index (χ4v) is 1.76. The summed E-state index contributed by atoms with van der Waals surface area (Å²) in [5.74, 6) is -0.526. The van der Waals surface area contributed by atoms with E-state index in [2.05, 4.69) is 8.92 Å². The van der Waals surface area contributed by atoms with Crippen LogP contribution in [0.25, 0.3) is 0 Å². The molecule has 0 aliphatic carbocycles. The number of rotatable bonds is 4. The Balaban J connectivity index is 2.85. The quantitative estimate of drug-likeness (QED) is 0.601. The summed E-state index contributed by atoms with van der Waals surface area (Å²) < 4.78 is 31.0. The van der Waals surface area contributed by atoms with Crippen LogP contribution >= 0.6 is 0 Å². The minimum absolute atomic E-state index is 0.216. The number of hydrogen-bond donors (Lipinski definition) is 0. The van der Waals surface area contributed by atoms with Crippen molar-refractivity contribution in [3.05, 3.63) is 29.8 Å². The molecular formula is C11H14O5S. The van der Waals surface area contributed by atoms with Crippen LogP contribution in [0.5, 0.6) is 5.75 Å². The molecule has 0 fully saturated rings. The summed E-state index contributed by atoms with van der Waals surface area (Å²) in [5, 5.41) is 0. The molecule has 6 heteroatoms. The SMILES string of the molecule is COC(=O)C(C)c1ccc(OS(C)(=O)=O)cc1. The third-order valence-electron chi connectivity index (χ3n) is 2.18. The lowest BCUT2D eigenvalue weighted by Gasteiger charge is -2.10. The zero-order chi connectivity index (χ0) is 13.1. The molecule has 94 valence electrons. The molecule has 0 bridgehead atoms. The topological polar surface area (TPSA) is 69.7 Å². The minimum Gasteiger partial charge on any atom is -0.469 e. The number of carbonyl (C=O) groups excluding carboxylic acids is 1.